The first kappa shape index (κ1) is 23.9. The van der Waals surface area contributed by atoms with Crippen molar-refractivity contribution in [3.8, 4) is 11.5 Å². The van der Waals surface area contributed by atoms with E-state index in [0.29, 0.717) is 25.3 Å². The van der Waals surface area contributed by atoms with Crippen LogP contribution in [-0.2, 0) is 22.4 Å². The van der Waals surface area contributed by atoms with Gasteiger partial charge in [0.1, 0.15) is 22.4 Å². The van der Waals surface area contributed by atoms with Gasteiger partial charge in [0.15, 0.2) is 0 Å². The van der Waals surface area contributed by atoms with Crippen molar-refractivity contribution in [2.24, 2.45) is 0 Å². The van der Waals surface area contributed by atoms with Gasteiger partial charge in [0.2, 0.25) is 5.89 Å². The van der Waals surface area contributed by atoms with E-state index in [9.17, 15) is 4.79 Å². The molecule has 5 aromatic rings. The lowest BCUT2D eigenvalue weighted by molar-refractivity contribution is -0.142. The highest BCUT2D eigenvalue weighted by atomic mass is 32.2. The summed E-state index contributed by atoms with van der Waals surface area (Å²) in [6, 6.07) is 27.9. The molecule has 5 nitrogen and oxygen atoms in total. The summed E-state index contributed by atoms with van der Waals surface area (Å²) in [5.74, 6) is 2.02. The number of esters is 1. The molecule has 0 aliphatic carbocycles. The van der Waals surface area contributed by atoms with Crippen LogP contribution in [0.5, 0.6) is 0 Å². The van der Waals surface area contributed by atoms with Crippen molar-refractivity contribution in [2.75, 3.05) is 6.61 Å². The monoisotopic (exact) mass is 497 g/mol. The number of oxazole rings is 1. The first-order valence-corrected chi connectivity index (χ1v) is 12.9. The second-order valence-corrected chi connectivity index (χ2v) is 9.80. The number of rotatable bonds is 9. The molecule has 0 fully saturated rings. The largest absolute Gasteiger partial charge is 0.465 e. The highest BCUT2D eigenvalue weighted by Gasteiger charge is 2.22. The zero-order chi connectivity index (χ0) is 24.9. The van der Waals surface area contributed by atoms with E-state index in [1.54, 1.807) is 0 Å². The summed E-state index contributed by atoms with van der Waals surface area (Å²) in [5.41, 5.74) is 3.67. The van der Waals surface area contributed by atoms with Crippen molar-refractivity contribution in [1.82, 2.24) is 4.98 Å². The lowest BCUT2D eigenvalue weighted by Gasteiger charge is -2.15. The number of aromatic nitrogens is 1. The van der Waals surface area contributed by atoms with Crippen molar-refractivity contribution < 1.29 is 18.4 Å². The van der Waals surface area contributed by atoms with Gasteiger partial charge in [-0.1, -0.05) is 42.5 Å². The fraction of sp³-hybridized carbons (Fsp3) is 0.200. The zero-order valence-corrected chi connectivity index (χ0v) is 21.1. The quantitative estimate of drug-likeness (QED) is 0.158. The first-order valence-electron chi connectivity index (χ1n) is 12.0. The Labute approximate surface area is 214 Å². The summed E-state index contributed by atoms with van der Waals surface area (Å²) < 4.78 is 17.4. The molecule has 0 spiro atoms. The third-order valence-corrected chi connectivity index (χ3v) is 7.07. The zero-order valence-electron chi connectivity index (χ0n) is 20.3. The van der Waals surface area contributed by atoms with Crippen LogP contribution in [0.1, 0.15) is 29.7 Å². The number of thioether (sulfide) groups is 1. The van der Waals surface area contributed by atoms with E-state index in [2.05, 4.69) is 6.07 Å². The highest BCUT2D eigenvalue weighted by Crippen LogP contribution is 2.30. The minimum absolute atomic E-state index is 0.199. The standard InChI is InChI=1S/C30H27NO4S/c1-3-33-30(32)28(36-25-12-8-5-9-13-25)17-21-14-15-27-23(16-21)18-24(35-27)19-26-20(2)34-29(31-26)22-10-6-4-7-11-22/h4-16,18,28H,3,17,19H2,1-2H3. The van der Waals surface area contributed by atoms with Gasteiger partial charge in [0.25, 0.3) is 0 Å². The van der Waals surface area contributed by atoms with Crippen molar-refractivity contribution in [2.45, 2.75) is 36.8 Å². The van der Waals surface area contributed by atoms with Gasteiger partial charge < -0.3 is 13.6 Å². The molecule has 182 valence electrons. The van der Waals surface area contributed by atoms with Crippen molar-refractivity contribution >= 4 is 28.7 Å². The van der Waals surface area contributed by atoms with Crippen LogP contribution in [-0.4, -0.2) is 22.8 Å². The van der Waals surface area contributed by atoms with Gasteiger partial charge in [-0.25, -0.2) is 4.98 Å². The number of aryl methyl sites for hydroxylation is 1. The van der Waals surface area contributed by atoms with Gasteiger partial charge in [0, 0.05) is 15.8 Å². The van der Waals surface area contributed by atoms with E-state index in [1.165, 1.54) is 11.8 Å². The Hall–Kier alpha value is -3.77. The molecule has 1 atom stereocenters. The van der Waals surface area contributed by atoms with E-state index in [1.807, 2.05) is 92.7 Å². The van der Waals surface area contributed by atoms with Crippen LogP contribution in [0, 0.1) is 6.92 Å². The normalized spacial score (nSPS) is 12.1. The van der Waals surface area contributed by atoms with Crippen LogP contribution in [0.15, 0.2) is 98.7 Å². The third-order valence-electron chi connectivity index (χ3n) is 5.88. The molecule has 2 aromatic heterocycles. The molecule has 0 aliphatic rings. The number of carbonyl (C=O) groups excluding carboxylic acids is 1. The Kier molecular flexibility index (Phi) is 7.23. The summed E-state index contributed by atoms with van der Waals surface area (Å²) in [6.07, 6.45) is 1.11. The molecule has 0 saturated heterocycles. The maximum atomic E-state index is 12.7. The van der Waals surface area contributed by atoms with Gasteiger partial charge in [-0.3, -0.25) is 4.79 Å². The van der Waals surface area contributed by atoms with Gasteiger partial charge in [0.05, 0.1) is 18.7 Å². The minimum Gasteiger partial charge on any atom is -0.465 e. The highest BCUT2D eigenvalue weighted by molar-refractivity contribution is 8.00. The molecule has 3 aromatic carbocycles. The molecule has 0 saturated carbocycles. The molecule has 5 rings (SSSR count). The maximum Gasteiger partial charge on any atom is 0.319 e. The molecule has 6 heteroatoms. The number of nitrogens with zero attached hydrogens (tertiary/aromatic N) is 1. The second kappa shape index (κ2) is 10.9. The van der Waals surface area contributed by atoms with Gasteiger partial charge in [-0.15, -0.1) is 11.8 Å². The fourth-order valence-corrected chi connectivity index (χ4v) is 5.19. The lowest BCUT2D eigenvalue weighted by atomic mass is 10.1. The number of benzene rings is 3. The fourth-order valence-electron chi connectivity index (χ4n) is 4.11. The topological polar surface area (TPSA) is 65.5 Å². The molecular weight excluding hydrogens is 470 g/mol. The number of hydrogen-bond acceptors (Lipinski definition) is 6. The van der Waals surface area contributed by atoms with Gasteiger partial charge >= 0.3 is 5.97 Å². The molecule has 1 unspecified atom stereocenters. The SMILES string of the molecule is CCOC(=O)C(Cc1ccc2oc(Cc3nc(-c4ccccc4)oc3C)cc2c1)Sc1ccccc1. The lowest BCUT2D eigenvalue weighted by Crippen LogP contribution is -2.22. The van der Waals surface area contributed by atoms with Crippen LogP contribution in [0.25, 0.3) is 22.4 Å². The molecule has 0 aliphatic heterocycles. The van der Waals surface area contributed by atoms with E-state index >= 15 is 0 Å². The Bertz CT molecular complexity index is 1460. The van der Waals surface area contributed by atoms with E-state index in [0.717, 1.165) is 44.2 Å². The average Bonchev–Trinajstić information content (AvgIpc) is 3.47. The average molecular weight is 498 g/mol. The molecule has 0 N–H and O–H groups in total. The maximum absolute atomic E-state index is 12.7. The van der Waals surface area contributed by atoms with E-state index in [-0.39, 0.29) is 11.2 Å². The Morgan fingerprint density at radius 3 is 2.47 bits per heavy atom. The summed E-state index contributed by atoms with van der Waals surface area (Å²) in [7, 11) is 0. The summed E-state index contributed by atoms with van der Waals surface area (Å²) >= 11 is 1.53. The Morgan fingerprint density at radius 1 is 0.972 bits per heavy atom. The molecule has 0 bridgehead atoms. The Balaban J connectivity index is 1.34. The third kappa shape index (κ3) is 5.55. The smallest absolute Gasteiger partial charge is 0.319 e. The van der Waals surface area contributed by atoms with Gasteiger partial charge in [-0.2, -0.15) is 0 Å². The Morgan fingerprint density at radius 2 is 1.72 bits per heavy atom. The predicted molar refractivity (Wildman–Crippen MR) is 142 cm³/mol. The molecule has 0 radical (unpaired) electrons. The van der Waals surface area contributed by atoms with Crippen LogP contribution >= 0.6 is 11.8 Å². The molecule has 36 heavy (non-hydrogen) atoms. The number of fused-ring (bicyclic) bond motifs is 1. The van der Waals surface area contributed by atoms with Crippen LogP contribution < -0.4 is 0 Å². The molecule has 2 heterocycles. The number of hydrogen-bond donors (Lipinski definition) is 0. The molecule has 0 amide bonds. The van der Waals surface area contributed by atoms with E-state index in [4.69, 9.17) is 18.6 Å². The number of ether oxygens (including phenoxy) is 1. The van der Waals surface area contributed by atoms with Crippen LogP contribution in [0.4, 0.5) is 0 Å². The van der Waals surface area contributed by atoms with Crippen molar-refractivity contribution in [1.29, 1.82) is 0 Å². The predicted octanol–water partition coefficient (Wildman–Crippen LogP) is 7.25. The number of furan rings is 1. The van der Waals surface area contributed by atoms with Crippen molar-refractivity contribution in [3.05, 3.63) is 108 Å². The minimum atomic E-state index is -0.328. The van der Waals surface area contributed by atoms with Crippen LogP contribution in [0.2, 0.25) is 0 Å². The molecular formula is C30H27NO4S. The summed E-state index contributed by atoms with van der Waals surface area (Å²) in [5, 5.41) is 0.671. The van der Waals surface area contributed by atoms with Crippen molar-refractivity contribution in [3.63, 3.8) is 0 Å². The summed E-state index contributed by atoms with van der Waals surface area (Å²) in [4.78, 5) is 18.4. The van der Waals surface area contributed by atoms with Crippen LogP contribution in [0.3, 0.4) is 0 Å². The van der Waals surface area contributed by atoms with E-state index < -0.39 is 0 Å². The second-order valence-electron chi connectivity index (χ2n) is 8.53. The number of carbonyl (C=O) groups is 1. The summed E-state index contributed by atoms with van der Waals surface area (Å²) in [6.45, 7) is 4.12. The first-order chi connectivity index (χ1) is 17.6. The van der Waals surface area contributed by atoms with Gasteiger partial charge in [-0.05, 0) is 68.3 Å².